The normalized spacial score (nSPS) is 12.9. The van der Waals surface area contributed by atoms with Crippen molar-refractivity contribution >= 4 is 47.7 Å². The predicted molar refractivity (Wildman–Crippen MR) is 134 cm³/mol. The molecule has 6 N–H and O–H groups in total. The van der Waals surface area contributed by atoms with Gasteiger partial charge >= 0.3 is 177 Å². The Morgan fingerprint density at radius 3 is 0.633 bits per heavy atom. The summed E-state index contributed by atoms with van der Waals surface area (Å²) in [6.07, 6.45) is -6.70. The van der Waals surface area contributed by atoms with E-state index >= 15 is 0 Å². The summed E-state index contributed by atoms with van der Waals surface area (Å²) in [6.45, 7) is -1.55. The van der Waals surface area contributed by atoms with Crippen LogP contribution in [-0.2, 0) is 0 Å². The van der Waals surface area contributed by atoms with Crippen LogP contribution in [0.1, 0.15) is 19.3 Å². The number of rotatable bonds is 24. The van der Waals surface area contributed by atoms with E-state index in [2.05, 4.69) is 0 Å². The molecule has 0 unspecified atom stereocenters. The van der Waals surface area contributed by atoms with Gasteiger partial charge in [-0.25, -0.2) is 39.2 Å². The van der Waals surface area contributed by atoms with Gasteiger partial charge in [0.15, 0.2) is 18.9 Å². The molecule has 0 atom stereocenters. The molecule has 0 fully saturated rings. The summed E-state index contributed by atoms with van der Waals surface area (Å²) in [6, 6.07) is 0. The molecule has 0 rings (SSSR count). The molecule has 34 heteroatoms. The van der Waals surface area contributed by atoms with E-state index in [4.69, 9.17) is 29.4 Å². The Morgan fingerprint density at radius 2 is 0.449 bits per heavy atom. The zero-order valence-corrected chi connectivity index (χ0v) is 46.0. The second-order valence-corrected chi connectivity index (χ2v) is 19.1. The number of hydrogen-bond donors (Lipinski definition) is 6. The minimum atomic E-state index is -5.22. The van der Waals surface area contributed by atoms with Crippen LogP contribution in [0, 0.1) is 0 Å². The summed E-state index contributed by atoms with van der Waals surface area (Å²) in [5, 5.41) is 0. The summed E-state index contributed by atoms with van der Waals surface area (Å²) in [5.74, 6) is 0. The van der Waals surface area contributed by atoms with Gasteiger partial charge in [0.05, 0.1) is 18.9 Å². The van der Waals surface area contributed by atoms with Crippen LogP contribution in [0.5, 0.6) is 0 Å². The zero-order chi connectivity index (χ0) is 33.9. The minimum absolute atomic E-state index is 0. The van der Waals surface area contributed by atoms with Crippen molar-refractivity contribution in [1.82, 2.24) is 19.6 Å². The molecular formula is C15H36N4Na6O18P6. The predicted octanol–water partition coefficient (Wildman–Crippen LogP) is -30.0. The molecule has 0 bridgehead atoms. The molecule has 0 aromatic carbocycles. The van der Waals surface area contributed by atoms with E-state index in [9.17, 15) is 58.7 Å². The zero-order valence-electron chi connectivity index (χ0n) is 28.7. The Balaban J connectivity index is -0.000000588. The maximum absolute atomic E-state index is 11.4. The average Bonchev–Trinajstić information content (AvgIpc) is 2.66. The van der Waals surface area contributed by atoms with E-state index in [1.807, 2.05) is 0 Å². The van der Waals surface area contributed by atoms with E-state index in [1.165, 1.54) is 0 Å². The van der Waals surface area contributed by atoms with Crippen molar-refractivity contribution in [2.45, 2.75) is 19.3 Å². The van der Waals surface area contributed by atoms with Crippen LogP contribution in [-0.4, -0.2) is 126 Å². The molecule has 0 heterocycles. The third-order valence-electron chi connectivity index (χ3n) is 5.12. The second-order valence-electron chi connectivity index (χ2n) is 9.76. The Labute approximate surface area is 422 Å². The van der Waals surface area contributed by atoms with Crippen LogP contribution in [0.2, 0.25) is 0 Å². The molecule has 260 valence electrons. The van der Waals surface area contributed by atoms with Crippen LogP contribution < -0.4 is 236 Å². The monoisotopic (exact) mass is 884 g/mol. The Morgan fingerprint density at radius 1 is 0.286 bits per heavy atom. The second kappa shape index (κ2) is 33.3. The maximum atomic E-state index is 11.4. The average molecular weight is 884 g/mol. The van der Waals surface area contributed by atoms with E-state index in [0.29, 0.717) is 4.90 Å². The molecule has 0 aliphatic carbocycles. The van der Waals surface area contributed by atoms with Crippen molar-refractivity contribution in [3.05, 3.63) is 0 Å². The van der Waals surface area contributed by atoms with Gasteiger partial charge in [-0.05, 0) is 19.3 Å². The topological polar surface area (TPSA) is 411 Å². The van der Waals surface area contributed by atoms with Gasteiger partial charge in [0.1, 0.15) is 0 Å². The number of hydrogen-bond acceptors (Lipinski definition) is 22. The van der Waals surface area contributed by atoms with Crippen LogP contribution in [0.15, 0.2) is 0 Å². The van der Waals surface area contributed by atoms with E-state index in [-0.39, 0.29) is 236 Å². The summed E-state index contributed by atoms with van der Waals surface area (Å²) >= 11 is 0. The summed E-state index contributed by atoms with van der Waals surface area (Å²) in [7, 11) is -29.8. The first-order valence-corrected chi connectivity index (χ1v) is 22.7. The van der Waals surface area contributed by atoms with Gasteiger partial charge in [-0.2, -0.15) is 0 Å². The van der Waals surface area contributed by atoms with E-state index < -0.39 is 85.4 Å². The standard InChI is InChI=1S/C15H42N4O18P6.6Na/c20-38(21,22)10-16(6-2-8-18(12-40(26,27)28)13-41(29,30)31)4-1-5-17(11-39(23,24)25)7-3-9-19(14-42(32,33)34)15-43(35,36)37;;;;;;/h1-15H2,(H2,20,21,22)(H2,23,24,25)(H2,26,27,28)(H2,29,30,31)(H2,32,33,34)(H2,35,36,37);;;;;;/q;6*+1/p-6. The molecule has 0 aliphatic rings. The molecule has 0 spiro atoms. The molecule has 0 amide bonds. The van der Waals surface area contributed by atoms with Gasteiger partial charge in [-0.1, -0.05) is 0 Å². The summed E-state index contributed by atoms with van der Waals surface area (Å²) in [5.41, 5.74) is 0. The molecule has 49 heavy (non-hydrogen) atoms. The first-order valence-electron chi connectivity index (χ1n) is 12.1. The van der Waals surface area contributed by atoms with Crippen molar-refractivity contribution < 1.29 is 265 Å². The largest absolute Gasteiger partial charge is 1.00 e. The molecule has 0 radical (unpaired) electrons. The van der Waals surface area contributed by atoms with E-state index in [1.54, 1.807) is 0 Å². The van der Waals surface area contributed by atoms with Crippen molar-refractivity contribution in [3.63, 3.8) is 0 Å². The Kier molecular flexibility index (Phi) is 48.5. The molecule has 0 aromatic heterocycles. The van der Waals surface area contributed by atoms with Gasteiger partial charge < -0.3 is 58.7 Å². The summed E-state index contributed by atoms with van der Waals surface area (Å²) in [4.78, 5) is 193. The van der Waals surface area contributed by atoms with E-state index in [0.717, 1.165) is 14.7 Å². The van der Waals surface area contributed by atoms with Gasteiger partial charge in [0.2, 0.25) is 23.8 Å². The first kappa shape index (κ1) is 71.2. The third-order valence-corrected chi connectivity index (χ3v) is 9.66. The van der Waals surface area contributed by atoms with Gasteiger partial charge in [0.25, 0.3) is 0 Å². The molecule has 22 nitrogen and oxygen atoms in total. The van der Waals surface area contributed by atoms with Crippen LogP contribution in [0.4, 0.5) is 0 Å². The van der Waals surface area contributed by atoms with Crippen molar-refractivity contribution in [2.24, 2.45) is 0 Å². The fraction of sp³-hybridized carbons (Fsp3) is 1.00. The van der Waals surface area contributed by atoms with Crippen LogP contribution in [0.25, 0.3) is 0 Å². The molecular weight excluding hydrogens is 848 g/mol. The number of nitrogens with zero attached hydrogens (tertiary/aromatic N) is 4. The Bertz CT molecular complexity index is 705. The first-order chi connectivity index (χ1) is 19.0. The smallest absolute Gasteiger partial charge is 0.687 e. The van der Waals surface area contributed by atoms with Crippen molar-refractivity contribution in [3.8, 4) is 0 Å². The summed E-state index contributed by atoms with van der Waals surface area (Å²) < 4.78 is 0. The van der Waals surface area contributed by atoms with Crippen LogP contribution >= 0.6 is 47.7 Å². The third kappa shape index (κ3) is 51.8. The molecule has 0 saturated heterocycles. The van der Waals surface area contributed by atoms with Crippen LogP contribution in [0.3, 0.4) is 0 Å². The van der Waals surface area contributed by atoms with Gasteiger partial charge in [-0.3, -0.25) is 9.80 Å². The van der Waals surface area contributed by atoms with Crippen molar-refractivity contribution in [2.75, 3.05) is 77.0 Å². The SMILES string of the molecule is [Na+].[Na+].[Na+].[Na+].[Na+].[Na+].[O-][P+]([O-])([O-])CN(CCCN(CCCN(C[P+]([O-])(O)O)C[P+]([O-])(O)O)C[P+]([O-])([O-])[O-])CCCN(C[P+]([O-])([O-])[O-])C[P+]([O-])(O)O. The van der Waals surface area contributed by atoms with Gasteiger partial charge in [0, 0.05) is 39.3 Å². The van der Waals surface area contributed by atoms with Crippen molar-refractivity contribution in [1.29, 1.82) is 0 Å². The fourth-order valence-electron chi connectivity index (χ4n) is 3.95. The fourth-order valence-corrected chi connectivity index (χ4v) is 8.83. The molecule has 0 aliphatic heterocycles. The maximum Gasteiger partial charge on any atom is 1.00 e. The minimum Gasteiger partial charge on any atom is -0.687 e. The quantitative estimate of drug-likeness (QED) is 0.0387. The molecule has 0 saturated carbocycles. The molecule has 0 aromatic rings. The Hall–Kier alpha value is 7.70. The van der Waals surface area contributed by atoms with Gasteiger partial charge in [-0.15, -0.1) is 23.8 Å².